The van der Waals surface area contributed by atoms with Crippen LogP contribution in [0.4, 0.5) is 11.6 Å². The lowest BCUT2D eigenvalue weighted by Gasteiger charge is -2.29. The molecule has 3 aromatic rings. The highest BCUT2D eigenvalue weighted by atomic mass is 16.5. The maximum Gasteiger partial charge on any atom is 0.337 e. The van der Waals surface area contributed by atoms with E-state index in [-0.39, 0.29) is 5.91 Å². The number of para-hydroxylation sites is 2. The molecule has 31 heavy (non-hydrogen) atoms. The van der Waals surface area contributed by atoms with Crippen molar-refractivity contribution in [1.82, 2.24) is 14.8 Å². The van der Waals surface area contributed by atoms with Crippen molar-refractivity contribution in [2.75, 3.05) is 24.9 Å². The van der Waals surface area contributed by atoms with Crippen molar-refractivity contribution in [3.05, 3.63) is 77.3 Å². The summed E-state index contributed by atoms with van der Waals surface area (Å²) < 4.78 is 11.7. The number of hydrogen-bond acceptors (Lipinski definition) is 7. The average Bonchev–Trinajstić information content (AvgIpc) is 3.26. The minimum atomic E-state index is -0.542. The number of esters is 1. The van der Waals surface area contributed by atoms with Gasteiger partial charge < -0.3 is 20.1 Å². The maximum absolute atomic E-state index is 13.4. The monoisotopic (exact) mass is 419 g/mol. The molecule has 9 heteroatoms. The molecule has 0 spiro atoms. The van der Waals surface area contributed by atoms with Gasteiger partial charge in [0.15, 0.2) is 0 Å². The Kier molecular flexibility index (Phi) is 5.40. The quantitative estimate of drug-likeness (QED) is 0.612. The predicted octanol–water partition coefficient (Wildman–Crippen LogP) is 3.00. The van der Waals surface area contributed by atoms with Gasteiger partial charge in [-0.2, -0.15) is 10.1 Å². The third-order valence-corrected chi connectivity index (χ3v) is 5.04. The highest BCUT2D eigenvalue weighted by Gasteiger charge is 2.33. The second-order valence-corrected chi connectivity index (χ2v) is 6.86. The summed E-state index contributed by atoms with van der Waals surface area (Å²) in [6.45, 7) is 1.81. The standard InChI is InChI=1S/C22H21N5O4/c1-13-18(20(28)26-16-6-4-5-7-17(16)30-2)19(27-22(25-13)23-12-24-27)14-8-10-15(11-9-14)21(29)31-3/h4-12,19H,1-3H3,(H,26,28)(H,23,24,25). The van der Waals surface area contributed by atoms with Crippen LogP contribution in [-0.4, -0.2) is 40.9 Å². The summed E-state index contributed by atoms with van der Waals surface area (Å²) in [6.07, 6.45) is 1.42. The molecular weight excluding hydrogens is 398 g/mol. The molecule has 2 N–H and O–H groups in total. The molecule has 0 saturated heterocycles. The van der Waals surface area contributed by atoms with Gasteiger partial charge in [-0.3, -0.25) is 4.79 Å². The number of hydrogen-bond donors (Lipinski definition) is 2. The van der Waals surface area contributed by atoms with Crippen LogP contribution in [0.3, 0.4) is 0 Å². The topological polar surface area (TPSA) is 107 Å². The molecule has 0 bridgehead atoms. The largest absolute Gasteiger partial charge is 0.495 e. The molecule has 2 aromatic carbocycles. The lowest BCUT2D eigenvalue weighted by atomic mass is 9.94. The van der Waals surface area contributed by atoms with Crippen LogP contribution in [0.1, 0.15) is 28.9 Å². The molecule has 0 saturated carbocycles. The van der Waals surface area contributed by atoms with E-state index < -0.39 is 12.0 Å². The molecule has 0 aliphatic carbocycles. The minimum Gasteiger partial charge on any atom is -0.495 e. The van der Waals surface area contributed by atoms with Crippen LogP contribution in [-0.2, 0) is 9.53 Å². The molecule has 4 rings (SSSR count). The summed E-state index contributed by atoms with van der Waals surface area (Å²) >= 11 is 0. The van der Waals surface area contributed by atoms with Crippen molar-refractivity contribution in [3.8, 4) is 5.75 Å². The first-order valence-corrected chi connectivity index (χ1v) is 9.53. The second-order valence-electron chi connectivity index (χ2n) is 6.86. The smallest absolute Gasteiger partial charge is 0.337 e. The number of nitrogens with zero attached hydrogens (tertiary/aromatic N) is 3. The Morgan fingerprint density at radius 1 is 1.10 bits per heavy atom. The van der Waals surface area contributed by atoms with Gasteiger partial charge in [0.2, 0.25) is 5.95 Å². The summed E-state index contributed by atoms with van der Waals surface area (Å²) in [6, 6.07) is 13.5. The number of anilines is 2. The molecule has 0 radical (unpaired) electrons. The van der Waals surface area contributed by atoms with E-state index in [1.165, 1.54) is 13.4 Å². The molecule has 1 unspecified atom stereocenters. The van der Waals surface area contributed by atoms with Crippen molar-refractivity contribution in [2.45, 2.75) is 13.0 Å². The number of ether oxygens (including phenoxy) is 2. The van der Waals surface area contributed by atoms with Crippen LogP contribution in [0.15, 0.2) is 66.1 Å². The van der Waals surface area contributed by atoms with Gasteiger partial charge in [-0.25, -0.2) is 9.48 Å². The normalized spacial score (nSPS) is 15.0. The molecule has 0 fully saturated rings. The Morgan fingerprint density at radius 2 is 1.84 bits per heavy atom. The first-order chi connectivity index (χ1) is 15.0. The number of fused-ring (bicyclic) bond motifs is 1. The first kappa shape index (κ1) is 20.1. The highest BCUT2D eigenvalue weighted by Crippen LogP contribution is 2.36. The molecule has 1 aromatic heterocycles. The van der Waals surface area contributed by atoms with E-state index in [0.29, 0.717) is 34.2 Å². The van der Waals surface area contributed by atoms with Crippen LogP contribution in [0.2, 0.25) is 0 Å². The van der Waals surface area contributed by atoms with E-state index in [0.717, 1.165) is 5.56 Å². The second kappa shape index (κ2) is 8.31. The van der Waals surface area contributed by atoms with Crippen LogP contribution in [0.25, 0.3) is 0 Å². The van der Waals surface area contributed by atoms with Gasteiger partial charge in [0.25, 0.3) is 5.91 Å². The van der Waals surface area contributed by atoms with E-state index in [1.807, 2.05) is 19.1 Å². The van der Waals surface area contributed by atoms with Gasteiger partial charge in [-0.1, -0.05) is 24.3 Å². The third-order valence-electron chi connectivity index (χ3n) is 5.04. The third kappa shape index (κ3) is 3.73. The number of benzene rings is 2. The van der Waals surface area contributed by atoms with Crippen molar-refractivity contribution < 1.29 is 19.1 Å². The first-order valence-electron chi connectivity index (χ1n) is 9.53. The zero-order valence-corrected chi connectivity index (χ0v) is 17.2. The van der Waals surface area contributed by atoms with Crippen molar-refractivity contribution in [2.24, 2.45) is 0 Å². The Bertz CT molecular complexity index is 1170. The van der Waals surface area contributed by atoms with Gasteiger partial charge in [-0.15, -0.1) is 0 Å². The van der Waals surface area contributed by atoms with E-state index >= 15 is 0 Å². The summed E-state index contributed by atoms with van der Waals surface area (Å²) in [5.74, 6) is 0.337. The number of aromatic nitrogens is 3. The van der Waals surface area contributed by atoms with Crippen molar-refractivity contribution in [3.63, 3.8) is 0 Å². The summed E-state index contributed by atoms with van der Waals surface area (Å²) in [5.41, 5.74) is 2.86. The molecule has 1 aliphatic rings. The number of nitrogens with one attached hydrogen (secondary N) is 2. The zero-order valence-electron chi connectivity index (χ0n) is 17.2. The molecule has 1 atom stereocenters. The Balaban J connectivity index is 1.74. The lowest BCUT2D eigenvalue weighted by molar-refractivity contribution is -0.113. The Labute approximate surface area is 178 Å². The Hall–Kier alpha value is -4.14. The molecule has 1 aliphatic heterocycles. The van der Waals surface area contributed by atoms with Crippen molar-refractivity contribution in [1.29, 1.82) is 0 Å². The number of carbonyl (C=O) groups is 2. The van der Waals surface area contributed by atoms with E-state index in [2.05, 4.69) is 20.7 Å². The summed E-state index contributed by atoms with van der Waals surface area (Å²) in [7, 11) is 2.88. The fraction of sp³-hybridized carbons (Fsp3) is 0.182. The van der Waals surface area contributed by atoms with Gasteiger partial charge in [-0.05, 0) is 36.8 Å². The van der Waals surface area contributed by atoms with Gasteiger partial charge in [0.05, 0.1) is 31.0 Å². The minimum absolute atomic E-state index is 0.308. The SMILES string of the molecule is COC(=O)c1ccc(C2C(C(=O)Nc3ccccc3OC)=C(C)Nc3ncnn32)cc1. The number of carbonyl (C=O) groups excluding carboxylic acids is 2. The molecular formula is C22H21N5O4. The molecule has 2 heterocycles. The fourth-order valence-corrected chi connectivity index (χ4v) is 3.55. The summed E-state index contributed by atoms with van der Waals surface area (Å²) in [5, 5.41) is 10.4. The number of amides is 1. The van der Waals surface area contributed by atoms with E-state index in [1.54, 1.807) is 48.2 Å². The number of rotatable bonds is 5. The van der Waals surface area contributed by atoms with Crippen LogP contribution in [0, 0.1) is 0 Å². The van der Waals surface area contributed by atoms with Crippen LogP contribution >= 0.6 is 0 Å². The van der Waals surface area contributed by atoms with Crippen LogP contribution < -0.4 is 15.4 Å². The van der Waals surface area contributed by atoms with E-state index in [9.17, 15) is 9.59 Å². The zero-order chi connectivity index (χ0) is 22.0. The van der Waals surface area contributed by atoms with Gasteiger partial charge in [0, 0.05) is 5.70 Å². The average molecular weight is 419 g/mol. The fourth-order valence-electron chi connectivity index (χ4n) is 3.55. The molecule has 9 nitrogen and oxygen atoms in total. The number of methoxy groups -OCH3 is 2. The maximum atomic E-state index is 13.4. The van der Waals surface area contributed by atoms with Crippen molar-refractivity contribution >= 4 is 23.5 Å². The molecule has 158 valence electrons. The van der Waals surface area contributed by atoms with Gasteiger partial charge >= 0.3 is 5.97 Å². The Morgan fingerprint density at radius 3 is 2.55 bits per heavy atom. The van der Waals surface area contributed by atoms with Gasteiger partial charge in [0.1, 0.15) is 18.1 Å². The van der Waals surface area contributed by atoms with E-state index in [4.69, 9.17) is 9.47 Å². The predicted molar refractivity (Wildman–Crippen MR) is 114 cm³/mol. The van der Waals surface area contributed by atoms with Crippen LogP contribution in [0.5, 0.6) is 5.75 Å². The molecule has 1 amide bonds. The lowest BCUT2D eigenvalue weighted by Crippen LogP contribution is -2.31. The summed E-state index contributed by atoms with van der Waals surface area (Å²) in [4.78, 5) is 29.4. The number of allylic oxidation sites excluding steroid dienone is 1. The highest BCUT2D eigenvalue weighted by molar-refractivity contribution is 6.06.